The molecular formula is C36H65NO13. The van der Waals surface area contributed by atoms with Gasteiger partial charge in [0.15, 0.2) is 12.6 Å². The number of ether oxygens (including phenoxy) is 5. The molecule has 14 nitrogen and oxygen atoms in total. The largest absolute Gasteiger partial charge is 0.459 e. The first-order valence-corrected chi connectivity index (χ1v) is 18.1. The molecule has 50 heavy (non-hydrogen) atoms. The molecule has 0 spiro atoms. The van der Waals surface area contributed by atoms with Crippen molar-refractivity contribution in [2.75, 3.05) is 14.1 Å². The van der Waals surface area contributed by atoms with Crippen molar-refractivity contribution in [3.05, 3.63) is 0 Å². The molecule has 292 valence electrons. The second-order valence-corrected chi connectivity index (χ2v) is 16.3. The van der Waals surface area contributed by atoms with E-state index in [1.165, 1.54) is 27.7 Å². The fraction of sp³-hybridized carbons (Fsp3) is 0.944. The van der Waals surface area contributed by atoms with Gasteiger partial charge in [0.05, 0.1) is 47.6 Å². The minimum atomic E-state index is -2.01. The van der Waals surface area contributed by atoms with Crippen LogP contribution in [0.25, 0.3) is 0 Å². The molecule has 3 rings (SSSR count). The van der Waals surface area contributed by atoms with Gasteiger partial charge in [0.2, 0.25) is 0 Å². The highest BCUT2D eigenvalue weighted by Gasteiger charge is 2.53. The summed E-state index contributed by atoms with van der Waals surface area (Å²) in [4.78, 5) is 29.6. The fourth-order valence-corrected chi connectivity index (χ4v) is 8.22. The van der Waals surface area contributed by atoms with Crippen molar-refractivity contribution in [1.29, 1.82) is 0 Å². The van der Waals surface area contributed by atoms with Gasteiger partial charge in [0.1, 0.15) is 29.7 Å². The molecule has 18 atom stereocenters. The minimum Gasteiger partial charge on any atom is -0.459 e. The lowest BCUT2D eigenvalue weighted by Gasteiger charge is -2.48. The van der Waals surface area contributed by atoms with Gasteiger partial charge in [0.25, 0.3) is 0 Å². The molecule has 3 aliphatic heterocycles. The number of carbonyl (C=O) groups is 2. The Morgan fingerprint density at radius 3 is 1.98 bits per heavy atom. The molecule has 0 radical (unpaired) electrons. The number of cyclic esters (lactones) is 1. The maximum absolute atomic E-state index is 14.0. The molecule has 3 saturated heterocycles. The summed E-state index contributed by atoms with van der Waals surface area (Å²) in [6.45, 7) is 15.8. The Morgan fingerprint density at radius 1 is 0.840 bits per heavy atom. The molecule has 6 N–H and O–H groups in total. The summed E-state index contributed by atoms with van der Waals surface area (Å²) in [5.41, 5.74) is -5.42. The summed E-state index contributed by atoms with van der Waals surface area (Å²) in [5.74, 6) is -5.14. The predicted octanol–water partition coefficient (Wildman–Crippen LogP) is 1.13. The third-order valence-electron chi connectivity index (χ3n) is 11.4. The number of Topliss-reactive ketones (excluding diaryl/α,β-unsaturated/α-hetero) is 1. The zero-order valence-corrected chi connectivity index (χ0v) is 32.0. The third-order valence-corrected chi connectivity index (χ3v) is 11.4. The summed E-state index contributed by atoms with van der Waals surface area (Å²) >= 11 is 0. The maximum atomic E-state index is 14.0. The summed E-state index contributed by atoms with van der Waals surface area (Å²) in [6, 6.07) is -0.337. The molecule has 1 unspecified atom stereocenters. The first kappa shape index (κ1) is 43.1. The number of ketones is 1. The third kappa shape index (κ3) is 9.25. The van der Waals surface area contributed by atoms with Gasteiger partial charge in [-0.25, -0.2) is 0 Å². The molecule has 0 saturated carbocycles. The maximum Gasteiger partial charge on any atom is 0.311 e. The van der Waals surface area contributed by atoms with Crippen molar-refractivity contribution in [2.24, 2.45) is 23.7 Å². The number of aliphatic hydroxyl groups excluding tert-OH is 3. The molecule has 3 fully saturated rings. The summed E-state index contributed by atoms with van der Waals surface area (Å²) in [5, 5.41) is 68.1. The molecule has 0 aromatic rings. The van der Waals surface area contributed by atoms with Crippen LogP contribution < -0.4 is 0 Å². The Bertz CT molecular complexity index is 1150. The smallest absolute Gasteiger partial charge is 0.311 e. The van der Waals surface area contributed by atoms with Gasteiger partial charge in [-0.05, 0) is 74.9 Å². The first-order chi connectivity index (χ1) is 22.9. The van der Waals surface area contributed by atoms with Crippen molar-refractivity contribution in [3.63, 3.8) is 0 Å². The Kier molecular flexibility index (Phi) is 14.1. The predicted molar refractivity (Wildman–Crippen MR) is 181 cm³/mol. The molecule has 0 aromatic carbocycles. The van der Waals surface area contributed by atoms with Gasteiger partial charge >= 0.3 is 5.97 Å². The lowest BCUT2D eigenvalue weighted by molar-refractivity contribution is -0.316. The minimum absolute atomic E-state index is 0.118. The summed E-state index contributed by atoms with van der Waals surface area (Å²) < 4.78 is 31.0. The standard InChI is InChI=1S/C36H65NO13/c1-13-24-36(10,45)29(40)19(4)26(38)17(2)15-35(9,44)31(50-33-27(39)23(37(11)12)14-18(3)46-33)20(5)28(21(6)32(42)48-24)49-25-16-34(8,43)30(41)22(7)47-25/h17-25,27-31,33,39-41,43-45H,13-16H2,1-12H3/t17-,18-,19+,20+,21-,22+,23+,24-,25+,27-,28+,29-,30+,31-,33+,34?,35-,36-/m1/s1. The van der Waals surface area contributed by atoms with E-state index in [1.807, 2.05) is 25.9 Å². The molecular weight excluding hydrogens is 654 g/mol. The topological polar surface area (TPSA) is 205 Å². The molecule has 3 aliphatic rings. The van der Waals surface area contributed by atoms with Crippen LogP contribution in [0, 0.1) is 23.7 Å². The van der Waals surface area contributed by atoms with Gasteiger partial charge < -0.3 is 59.2 Å². The zero-order chi connectivity index (χ0) is 38.3. The molecule has 14 heteroatoms. The Balaban J connectivity index is 2.17. The monoisotopic (exact) mass is 719 g/mol. The van der Waals surface area contributed by atoms with Crippen molar-refractivity contribution in [2.45, 2.75) is 179 Å². The van der Waals surface area contributed by atoms with Crippen LogP contribution in [0.2, 0.25) is 0 Å². The average Bonchev–Trinajstić information content (AvgIpc) is 3.01. The van der Waals surface area contributed by atoms with Crippen molar-refractivity contribution in [1.82, 2.24) is 4.90 Å². The highest BCUT2D eigenvalue weighted by molar-refractivity contribution is 5.83. The number of esters is 1. The van der Waals surface area contributed by atoms with E-state index in [-0.39, 0.29) is 31.4 Å². The Hall–Kier alpha value is -1.30. The number of hydrogen-bond donors (Lipinski definition) is 6. The molecule has 0 aromatic heterocycles. The molecule has 3 heterocycles. The van der Waals surface area contributed by atoms with Crippen LogP contribution in [0.1, 0.15) is 94.9 Å². The van der Waals surface area contributed by atoms with Crippen molar-refractivity contribution >= 4 is 11.8 Å². The molecule has 0 aliphatic carbocycles. The van der Waals surface area contributed by atoms with E-state index >= 15 is 0 Å². The van der Waals surface area contributed by atoms with Gasteiger partial charge in [-0.15, -0.1) is 0 Å². The second kappa shape index (κ2) is 16.4. The van der Waals surface area contributed by atoms with Crippen LogP contribution in [0.3, 0.4) is 0 Å². The summed E-state index contributed by atoms with van der Waals surface area (Å²) in [6.07, 6.45) is -10.7. The molecule has 0 bridgehead atoms. The SMILES string of the molecule is CC[C@H]1OC(=O)[C@H](C)[C@@H](O[C@H]2CC(C)(O)[C@@H](O)[C@H](C)O2)[C@H](C)[C@@H](O[C@@H]2O[C@H](C)C[C@H](N(C)C)[C@H]2O)[C@](C)(O)C[C@@H](C)C(=O)[C@H](C)[C@@H](O)[C@]1(C)O. The van der Waals surface area contributed by atoms with E-state index in [1.54, 1.807) is 34.6 Å². The van der Waals surface area contributed by atoms with Crippen LogP contribution in [-0.2, 0) is 33.3 Å². The van der Waals surface area contributed by atoms with E-state index in [2.05, 4.69) is 0 Å². The van der Waals surface area contributed by atoms with Crippen molar-refractivity contribution in [3.8, 4) is 0 Å². The number of hydrogen-bond acceptors (Lipinski definition) is 14. The highest BCUT2D eigenvalue weighted by Crippen LogP contribution is 2.40. The van der Waals surface area contributed by atoms with E-state index in [0.717, 1.165) is 0 Å². The van der Waals surface area contributed by atoms with Crippen LogP contribution >= 0.6 is 0 Å². The lowest BCUT2D eigenvalue weighted by atomic mass is 9.74. The van der Waals surface area contributed by atoms with Gasteiger partial charge in [0, 0.05) is 30.2 Å². The fourth-order valence-electron chi connectivity index (χ4n) is 8.22. The average molecular weight is 720 g/mol. The van der Waals surface area contributed by atoms with Crippen LogP contribution in [0.15, 0.2) is 0 Å². The van der Waals surface area contributed by atoms with Crippen LogP contribution in [0.4, 0.5) is 0 Å². The quantitative estimate of drug-likeness (QED) is 0.213. The highest BCUT2D eigenvalue weighted by atomic mass is 16.7. The van der Waals surface area contributed by atoms with Gasteiger partial charge in [-0.3, -0.25) is 9.59 Å². The number of nitrogens with zero attached hydrogens (tertiary/aromatic N) is 1. The van der Waals surface area contributed by atoms with Gasteiger partial charge in [-0.1, -0.05) is 27.7 Å². The van der Waals surface area contributed by atoms with Gasteiger partial charge in [-0.2, -0.15) is 0 Å². The number of rotatable bonds is 6. The van der Waals surface area contributed by atoms with E-state index in [4.69, 9.17) is 23.7 Å². The van der Waals surface area contributed by atoms with E-state index < -0.39 is 108 Å². The number of aliphatic hydroxyl groups is 6. The second-order valence-electron chi connectivity index (χ2n) is 16.3. The van der Waals surface area contributed by atoms with E-state index in [0.29, 0.717) is 6.42 Å². The Morgan fingerprint density at radius 2 is 1.44 bits per heavy atom. The van der Waals surface area contributed by atoms with E-state index in [9.17, 15) is 40.2 Å². The number of likely N-dealkylation sites (N-methyl/N-ethyl adjacent to an activating group) is 1. The van der Waals surface area contributed by atoms with Crippen molar-refractivity contribution < 1.29 is 63.9 Å². The van der Waals surface area contributed by atoms with Crippen LogP contribution in [0.5, 0.6) is 0 Å². The Labute approximate surface area is 297 Å². The zero-order valence-electron chi connectivity index (χ0n) is 32.0. The van der Waals surface area contributed by atoms with Crippen LogP contribution in [-0.4, -0.2) is 146 Å². The normalized spacial score (nSPS) is 50.5. The lowest BCUT2D eigenvalue weighted by Crippen LogP contribution is -2.61. The molecule has 0 amide bonds. The first-order valence-electron chi connectivity index (χ1n) is 18.1. The summed E-state index contributed by atoms with van der Waals surface area (Å²) in [7, 11) is 3.67. The number of carbonyl (C=O) groups excluding carboxylic acids is 2.